The molecule has 28 heavy (non-hydrogen) atoms. The number of rotatable bonds is 3. The van der Waals surface area contributed by atoms with E-state index in [2.05, 4.69) is 33.3 Å². The molecule has 3 heterocycles. The van der Waals surface area contributed by atoms with Crippen LogP contribution >= 0.6 is 0 Å². The van der Waals surface area contributed by atoms with Gasteiger partial charge in [0.05, 0.1) is 29.1 Å². The third kappa shape index (κ3) is 2.85. The van der Waals surface area contributed by atoms with Crippen molar-refractivity contribution in [1.29, 1.82) is 0 Å². The zero-order valence-electron chi connectivity index (χ0n) is 15.1. The Morgan fingerprint density at radius 1 is 0.857 bits per heavy atom. The fourth-order valence-electron chi connectivity index (χ4n) is 3.33. The van der Waals surface area contributed by atoms with Crippen LogP contribution < -0.4 is 0 Å². The molecule has 0 aliphatic heterocycles. The zero-order chi connectivity index (χ0) is 19.1. The van der Waals surface area contributed by atoms with E-state index in [0.717, 1.165) is 39.1 Å². The molecule has 0 saturated carbocycles. The summed E-state index contributed by atoms with van der Waals surface area (Å²) in [6.07, 6.45) is 6.87. The van der Waals surface area contributed by atoms with E-state index in [-0.39, 0.29) is 5.82 Å². The van der Waals surface area contributed by atoms with Crippen molar-refractivity contribution in [3.05, 3.63) is 85.3 Å². The Morgan fingerprint density at radius 2 is 1.79 bits per heavy atom. The SMILES string of the molecule is Cn1cc(-c2ccc3c(c2)ncn3-c2cccc(-c3ccc(F)cn3)c2)cn1. The van der Waals surface area contributed by atoms with Crippen molar-refractivity contribution >= 4 is 11.0 Å². The lowest BCUT2D eigenvalue weighted by molar-refractivity contribution is 0.622. The summed E-state index contributed by atoms with van der Waals surface area (Å²) in [6.45, 7) is 0. The largest absolute Gasteiger partial charge is 0.299 e. The molecule has 0 unspecified atom stereocenters. The first-order valence-electron chi connectivity index (χ1n) is 8.86. The molecule has 0 spiro atoms. The van der Waals surface area contributed by atoms with E-state index in [4.69, 9.17) is 0 Å². The van der Waals surface area contributed by atoms with Gasteiger partial charge in [-0.3, -0.25) is 14.2 Å². The normalized spacial score (nSPS) is 11.2. The second kappa shape index (κ2) is 6.42. The highest BCUT2D eigenvalue weighted by Crippen LogP contribution is 2.27. The molecule has 3 aromatic heterocycles. The van der Waals surface area contributed by atoms with E-state index < -0.39 is 0 Å². The molecule has 0 amide bonds. The van der Waals surface area contributed by atoms with E-state index in [0.29, 0.717) is 0 Å². The number of aryl methyl sites for hydroxylation is 1. The smallest absolute Gasteiger partial charge is 0.141 e. The van der Waals surface area contributed by atoms with Crippen LogP contribution in [0.2, 0.25) is 0 Å². The monoisotopic (exact) mass is 369 g/mol. The highest BCUT2D eigenvalue weighted by molar-refractivity contribution is 5.83. The average molecular weight is 369 g/mol. The Balaban J connectivity index is 1.56. The number of fused-ring (bicyclic) bond motifs is 1. The maximum absolute atomic E-state index is 13.2. The van der Waals surface area contributed by atoms with Gasteiger partial charge >= 0.3 is 0 Å². The maximum atomic E-state index is 13.2. The van der Waals surface area contributed by atoms with Gasteiger partial charge in [-0.15, -0.1) is 0 Å². The number of hydrogen-bond acceptors (Lipinski definition) is 3. The van der Waals surface area contributed by atoms with Crippen molar-refractivity contribution in [2.45, 2.75) is 0 Å². The molecule has 0 aliphatic carbocycles. The number of halogens is 1. The van der Waals surface area contributed by atoms with Gasteiger partial charge in [0, 0.05) is 30.1 Å². The third-order valence-corrected chi connectivity index (χ3v) is 4.73. The standard InChI is InChI=1S/C22H16FN5/c1-27-13-17(11-26-27)15-5-8-22-21(10-15)25-14-28(22)19-4-2-3-16(9-19)20-7-6-18(23)12-24-20/h2-14H,1H3. The molecular weight excluding hydrogens is 353 g/mol. The van der Waals surface area contributed by atoms with Gasteiger partial charge in [-0.05, 0) is 42.0 Å². The number of nitrogens with zero attached hydrogens (tertiary/aromatic N) is 5. The fourth-order valence-corrected chi connectivity index (χ4v) is 3.33. The lowest BCUT2D eigenvalue weighted by atomic mass is 10.1. The van der Waals surface area contributed by atoms with Crippen molar-refractivity contribution in [3.8, 4) is 28.1 Å². The summed E-state index contributed by atoms with van der Waals surface area (Å²) >= 11 is 0. The van der Waals surface area contributed by atoms with Crippen LogP contribution in [0.5, 0.6) is 0 Å². The van der Waals surface area contributed by atoms with Gasteiger partial charge in [0.15, 0.2) is 0 Å². The van der Waals surface area contributed by atoms with Gasteiger partial charge in [-0.25, -0.2) is 9.37 Å². The molecule has 5 rings (SSSR count). The van der Waals surface area contributed by atoms with Gasteiger partial charge in [0.2, 0.25) is 0 Å². The molecule has 136 valence electrons. The number of pyridine rings is 1. The second-order valence-electron chi connectivity index (χ2n) is 6.63. The van der Waals surface area contributed by atoms with Crippen LogP contribution in [-0.2, 0) is 7.05 Å². The quantitative estimate of drug-likeness (QED) is 0.466. The van der Waals surface area contributed by atoms with Gasteiger partial charge in [-0.1, -0.05) is 18.2 Å². The Labute approximate surface area is 160 Å². The minimum Gasteiger partial charge on any atom is -0.299 e. The first-order chi connectivity index (χ1) is 13.7. The van der Waals surface area contributed by atoms with Crippen LogP contribution in [-0.4, -0.2) is 24.3 Å². The van der Waals surface area contributed by atoms with E-state index in [1.807, 2.05) is 54.6 Å². The van der Waals surface area contributed by atoms with Gasteiger partial charge in [0.25, 0.3) is 0 Å². The van der Waals surface area contributed by atoms with Crippen LogP contribution in [0.4, 0.5) is 4.39 Å². The van der Waals surface area contributed by atoms with Gasteiger partial charge in [0.1, 0.15) is 12.1 Å². The van der Waals surface area contributed by atoms with Crippen LogP contribution in [0.25, 0.3) is 39.1 Å². The molecule has 0 saturated heterocycles. The molecule has 0 N–H and O–H groups in total. The van der Waals surface area contributed by atoms with Crippen molar-refractivity contribution in [2.24, 2.45) is 7.05 Å². The molecule has 5 aromatic rings. The van der Waals surface area contributed by atoms with Crippen molar-refractivity contribution < 1.29 is 4.39 Å². The molecule has 5 nitrogen and oxygen atoms in total. The first kappa shape index (κ1) is 16.4. The predicted octanol–water partition coefficient (Wildman–Crippen LogP) is 4.63. The zero-order valence-corrected chi connectivity index (χ0v) is 15.1. The van der Waals surface area contributed by atoms with Gasteiger partial charge < -0.3 is 0 Å². The van der Waals surface area contributed by atoms with E-state index >= 15 is 0 Å². The van der Waals surface area contributed by atoms with Crippen molar-refractivity contribution in [3.63, 3.8) is 0 Å². The number of aromatic nitrogens is 5. The highest BCUT2D eigenvalue weighted by Gasteiger charge is 2.09. The van der Waals surface area contributed by atoms with E-state index in [1.54, 1.807) is 10.7 Å². The van der Waals surface area contributed by atoms with E-state index in [9.17, 15) is 4.39 Å². The third-order valence-electron chi connectivity index (χ3n) is 4.73. The lowest BCUT2D eigenvalue weighted by Gasteiger charge is -2.08. The summed E-state index contributed by atoms with van der Waals surface area (Å²) in [5.74, 6) is -0.343. The van der Waals surface area contributed by atoms with Crippen LogP contribution in [0, 0.1) is 5.82 Å². The minimum absolute atomic E-state index is 0.343. The highest BCUT2D eigenvalue weighted by atomic mass is 19.1. The summed E-state index contributed by atoms with van der Waals surface area (Å²) < 4.78 is 17.0. The van der Waals surface area contributed by atoms with Crippen LogP contribution in [0.15, 0.2) is 79.5 Å². The lowest BCUT2D eigenvalue weighted by Crippen LogP contribution is -1.93. The Kier molecular flexibility index (Phi) is 3.76. The first-order valence-corrected chi connectivity index (χ1v) is 8.86. The summed E-state index contributed by atoms with van der Waals surface area (Å²) in [6, 6.07) is 17.3. The fraction of sp³-hybridized carbons (Fsp3) is 0.0455. The van der Waals surface area contributed by atoms with Crippen molar-refractivity contribution in [2.75, 3.05) is 0 Å². The summed E-state index contributed by atoms with van der Waals surface area (Å²) in [4.78, 5) is 8.75. The van der Waals surface area contributed by atoms with Crippen LogP contribution in [0.1, 0.15) is 0 Å². The number of imidazole rings is 1. The topological polar surface area (TPSA) is 48.5 Å². The van der Waals surface area contributed by atoms with Crippen LogP contribution in [0.3, 0.4) is 0 Å². The minimum atomic E-state index is -0.343. The maximum Gasteiger partial charge on any atom is 0.141 e. The molecule has 0 aliphatic rings. The molecule has 0 radical (unpaired) electrons. The Bertz CT molecular complexity index is 1280. The summed E-state index contributed by atoms with van der Waals surface area (Å²) in [5.41, 5.74) is 6.68. The average Bonchev–Trinajstić information content (AvgIpc) is 3.34. The van der Waals surface area contributed by atoms with Crippen molar-refractivity contribution in [1.82, 2.24) is 24.3 Å². The summed E-state index contributed by atoms with van der Waals surface area (Å²) in [5, 5.41) is 4.23. The molecule has 0 atom stereocenters. The summed E-state index contributed by atoms with van der Waals surface area (Å²) in [7, 11) is 1.90. The molecule has 0 fully saturated rings. The predicted molar refractivity (Wildman–Crippen MR) is 106 cm³/mol. The second-order valence-corrected chi connectivity index (χ2v) is 6.63. The van der Waals surface area contributed by atoms with Gasteiger partial charge in [-0.2, -0.15) is 5.10 Å². The molecule has 6 heteroatoms. The molecule has 0 bridgehead atoms. The Hall–Kier alpha value is -3.80. The molecular formula is C22H16FN5. The molecule has 2 aromatic carbocycles. The number of hydrogen-bond donors (Lipinski definition) is 0. The number of benzene rings is 2. The Morgan fingerprint density at radius 3 is 2.57 bits per heavy atom. The van der Waals surface area contributed by atoms with E-state index in [1.165, 1.54) is 12.3 Å².